The van der Waals surface area contributed by atoms with Crippen molar-refractivity contribution in [1.29, 1.82) is 0 Å². The van der Waals surface area contributed by atoms with Crippen molar-refractivity contribution in [3.8, 4) is 0 Å². The number of amides is 3. The molecule has 0 saturated carbocycles. The van der Waals surface area contributed by atoms with Crippen molar-refractivity contribution >= 4 is 11.9 Å². The van der Waals surface area contributed by atoms with Gasteiger partial charge in [0.2, 0.25) is 5.91 Å². The Balaban J connectivity index is 2.45. The Labute approximate surface area is 83.6 Å². The zero-order chi connectivity index (χ0) is 10.8. The van der Waals surface area contributed by atoms with Gasteiger partial charge in [-0.2, -0.15) is 0 Å². The zero-order valence-corrected chi connectivity index (χ0v) is 8.67. The summed E-state index contributed by atoms with van der Waals surface area (Å²) in [5.41, 5.74) is 5.53. The molecule has 5 nitrogen and oxygen atoms in total. The first-order valence-corrected chi connectivity index (χ1v) is 4.74. The van der Waals surface area contributed by atoms with E-state index in [2.05, 4.69) is 5.32 Å². The molecule has 1 fully saturated rings. The molecule has 1 heterocycles. The van der Waals surface area contributed by atoms with Gasteiger partial charge in [0.25, 0.3) is 0 Å². The molecule has 0 atom stereocenters. The highest BCUT2D eigenvalue weighted by molar-refractivity contribution is 6.01. The summed E-state index contributed by atoms with van der Waals surface area (Å²) in [6.07, 6.45) is 0.739. The van der Waals surface area contributed by atoms with Gasteiger partial charge in [-0.15, -0.1) is 0 Å². The minimum Gasteiger partial charge on any atom is -0.330 e. The molecule has 0 unspecified atom stereocenters. The van der Waals surface area contributed by atoms with E-state index in [-0.39, 0.29) is 23.9 Å². The number of hydrogen-bond donors (Lipinski definition) is 2. The molecule has 0 aromatic rings. The lowest BCUT2D eigenvalue weighted by Gasteiger charge is -2.24. The standard InChI is InChI=1S/C9H17N3O2/c1-9(2,6-10)3-4-12-7(13)5-11-8(12)14/h3-6,10H2,1-2H3,(H,11,14). The molecule has 1 aliphatic heterocycles. The van der Waals surface area contributed by atoms with Gasteiger partial charge in [-0.3, -0.25) is 9.69 Å². The van der Waals surface area contributed by atoms with Crippen molar-refractivity contribution in [2.45, 2.75) is 20.3 Å². The van der Waals surface area contributed by atoms with E-state index in [1.165, 1.54) is 4.90 Å². The zero-order valence-electron chi connectivity index (χ0n) is 8.67. The molecule has 14 heavy (non-hydrogen) atoms. The van der Waals surface area contributed by atoms with E-state index >= 15 is 0 Å². The average Bonchev–Trinajstić information content (AvgIpc) is 2.44. The summed E-state index contributed by atoms with van der Waals surface area (Å²) in [6.45, 7) is 5.17. The second-order valence-corrected chi connectivity index (χ2v) is 4.32. The van der Waals surface area contributed by atoms with E-state index in [4.69, 9.17) is 5.73 Å². The summed E-state index contributed by atoms with van der Waals surface area (Å²) in [5.74, 6) is -0.150. The SMILES string of the molecule is CC(C)(CN)CCN1C(=O)CNC1=O. The monoisotopic (exact) mass is 199 g/mol. The number of nitrogens with one attached hydrogen (secondary N) is 1. The first kappa shape index (κ1) is 11.0. The van der Waals surface area contributed by atoms with Crippen molar-refractivity contribution in [2.75, 3.05) is 19.6 Å². The summed E-state index contributed by atoms with van der Waals surface area (Å²) in [7, 11) is 0. The maximum absolute atomic E-state index is 11.2. The third-order valence-electron chi connectivity index (χ3n) is 2.50. The Hall–Kier alpha value is -1.10. The molecule has 5 heteroatoms. The predicted octanol–water partition coefficient (Wildman–Crippen LogP) is -0.0868. The molecule has 0 spiro atoms. The lowest BCUT2D eigenvalue weighted by atomic mass is 9.89. The third kappa shape index (κ3) is 2.45. The summed E-state index contributed by atoms with van der Waals surface area (Å²) in [6, 6.07) is -0.289. The number of carbonyl (C=O) groups is 2. The number of imide groups is 1. The van der Waals surface area contributed by atoms with Crippen molar-refractivity contribution in [2.24, 2.45) is 11.1 Å². The molecular weight excluding hydrogens is 182 g/mol. The van der Waals surface area contributed by atoms with Gasteiger partial charge < -0.3 is 11.1 Å². The highest BCUT2D eigenvalue weighted by Crippen LogP contribution is 2.19. The lowest BCUT2D eigenvalue weighted by Crippen LogP contribution is -2.36. The maximum atomic E-state index is 11.2. The number of urea groups is 1. The highest BCUT2D eigenvalue weighted by Gasteiger charge is 2.29. The second kappa shape index (κ2) is 3.96. The molecule has 1 rings (SSSR count). The minimum atomic E-state index is -0.289. The van der Waals surface area contributed by atoms with Crippen LogP contribution in [-0.2, 0) is 4.79 Å². The van der Waals surface area contributed by atoms with E-state index in [0.29, 0.717) is 13.1 Å². The van der Waals surface area contributed by atoms with Crippen LogP contribution in [0.25, 0.3) is 0 Å². The Kier molecular flexibility index (Phi) is 3.10. The lowest BCUT2D eigenvalue weighted by molar-refractivity contribution is -0.125. The van der Waals surface area contributed by atoms with E-state index in [1.54, 1.807) is 0 Å². The fraction of sp³-hybridized carbons (Fsp3) is 0.778. The number of nitrogens with two attached hydrogens (primary N) is 1. The van der Waals surface area contributed by atoms with Crippen LogP contribution in [0.3, 0.4) is 0 Å². The minimum absolute atomic E-state index is 0.0247. The molecule has 0 bridgehead atoms. The van der Waals surface area contributed by atoms with Crippen LogP contribution in [0.5, 0.6) is 0 Å². The van der Waals surface area contributed by atoms with Crippen LogP contribution in [0, 0.1) is 5.41 Å². The maximum Gasteiger partial charge on any atom is 0.324 e. The van der Waals surface area contributed by atoms with Crippen molar-refractivity contribution in [3.63, 3.8) is 0 Å². The van der Waals surface area contributed by atoms with Crippen molar-refractivity contribution in [3.05, 3.63) is 0 Å². The van der Waals surface area contributed by atoms with E-state index in [9.17, 15) is 9.59 Å². The molecule has 80 valence electrons. The van der Waals surface area contributed by atoms with E-state index in [1.807, 2.05) is 13.8 Å². The van der Waals surface area contributed by atoms with Crippen LogP contribution < -0.4 is 11.1 Å². The number of rotatable bonds is 4. The fourth-order valence-corrected chi connectivity index (χ4v) is 1.20. The van der Waals surface area contributed by atoms with Gasteiger partial charge in [-0.05, 0) is 18.4 Å². The van der Waals surface area contributed by atoms with Crippen LogP contribution in [0.15, 0.2) is 0 Å². The fourth-order valence-electron chi connectivity index (χ4n) is 1.20. The Morgan fingerprint density at radius 2 is 2.14 bits per heavy atom. The molecule has 0 aliphatic carbocycles. The smallest absolute Gasteiger partial charge is 0.324 e. The Bertz CT molecular complexity index is 234. The Morgan fingerprint density at radius 1 is 1.50 bits per heavy atom. The molecule has 1 saturated heterocycles. The quantitative estimate of drug-likeness (QED) is 0.621. The molecular formula is C9H17N3O2. The largest absolute Gasteiger partial charge is 0.330 e. The molecule has 3 amide bonds. The Morgan fingerprint density at radius 3 is 2.57 bits per heavy atom. The van der Waals surface area contributed by atoms with Crippen LogP contribution >= 0.6 is 0 Å². The first-order chi connectivity index (χ1) is 6.46. The second-order valence-electron chi connectivity index (χ2n) is 4.32. The summed E-state index contributed by atoms with van der Waals surface area (Å²) in [4.78, 5) is 23.6. The number of hydrogen-bond acceptors (Lipinski definition) is 3. The third-order valence-corrected chi connectivity index (χ3v) is 2.50. The molecule has 0 aromatic carbocycles. The summed E-state index contributed by atoms with van der Waals surface area (Å²) >= 11 is 0. The van der Waals surface area contributed by atoms with Crippen LogP contribution in [0.4, 0.5) is 4.79 Å². The van der Waals surface area contributed by atoms with Gasteiger partial charge in [0, 0.05) is 6.54 Å². The first-order valence-electron chi connectivity index (χ1n) is 4.74. The van der Waals surface area contributed by atoms with Gasteiger partial charge in [-0.1, -0.05) is 13.8 Å². The molecule has 3 N–H and O–H groups in total. The van der Waals surface area contributed by atoms with Crippen LogP contribution in [0.1, 0.15) is 20.3 Å². The van der Waals surface area contributed by atoms with Gasteiger partial charge in [0.15, 0.2) is 0 Å². The van der Waals surface area contributed by atoms with E-state index in [0.717, 1.165) is 6.42 Å². The molecule has 0 radical (unpaired) electrons. The van der Waals surface area contributed by atoms with Gasteiger partial charge in [-0.25, -0.2) is 4.79 Å². The summed E-state index contributed by atoms with van der Waals surface area (Å²) < 4.78 is 0. The highest BCUT2D eigenvalue weighted by atomic mass is 16.2. The molecule has 0 aromatic heterocycles. The molecule has 1 aliphatic rings. The van der Waals surface area contributed by atoms with Gasteiger partial charge in [0.05, 0.1) is 6.54 Å². The van der Waals surface area contributed by atoms with Gasteiger partial charge in [0.1, 0.15) is 0 Å². The van der Waals surface area contributed by atoms with E-state index < -0.39 is 0 Å². The summed E-state index contributed by atoms with van der Waals surface area (Å²) in [5, 5.41) is 2.48. The number of nitrogens with zero attached hydrogens (tertiary/aromatic N) is 1. The van der Waals surface area contributed by atoms with Crippen molar-refractivity contribution < 1.29 is 9.59 Å². The van der Waals surface area contributed by atoms with Crippen molar-refractivity contribution in [1.82, 2.24) is 10.2 Å². The normalized spacial score (nSPS) is 17.5. The van der Waals surface area contributed by atoms with Crippen LogP contribution in [0.2, 0.25) is 0 Å². The topological polar surface area (TPSA) is 75.4 Å². The number of carbonyl (C=O) groups excluding carboxylic acids is 2. The predicted molar refractivity (Wildman–Crippen MR) is 52.6 cm³/mol. The average molecular weight is 199 g/mol. The van der Waals surface area contributed by atoms with Crippen LogP contribution in [-0.4, -0.2) is 36.5 Å². The van der Waals surface area contributed by atoms with Gasteiger partial charge >= 0.3 is 6.03 Å².